The van der Waals surface area contributed by atoms with E-state index in [1.807, 2.05) is 0 Å². The number of hydrogen-bond donors (Lipinski definition) is 2. The molecule has 0 amide bonds. The van der Waals surface area contributed by atoms with Crippen molar-refractivity contribution in [2.45, 2.75) is 6.10 Å². The second-order valence-electron chi connectivity index (χ2n) is 3.57. The standard InChI is InChI=1S/C9H10N4O5/c10-8(12-14)5-1-7(13(15)16)9(11-2-5)18-6-3-17-4-6/h1-2,6,14H,3-4H2,(H2,10,12). The monoisotopic (exact) mass is 254 g/mol. The zero-order valence-electron chi connectivity index (χ0n) is 9.15. The highest BCUT2D eigenvalue weighted by Crippen LogP contribution is 2.27. The molecule has 1 aromatic heterocycles. The van der Waals surface area contributed by atoms with Crippen LogP contribution in [-0.4, -0.2) is 40.3 Å². The third kappa shape index (κ3) is 2.30. The van der Waals surface area contributed by atoms with Crippen LogP contribution in [0.3, 0.4) is 0 Å². The molecule has 0 unspecified atom stereocenters. The Morgan fingerprint density at radius 2 is 2.44 bits per heavy atom. The fourth-order valence-corrected chi connectivity index (χ4v) is 1.30. The SMILES string of the molecule is NC(=NO)c1cnc(OC2COC2)c([N+](=O)[O-])c1. The Balaban J connectivity index is 2.31. The van der Waals surface area contributed by atoms with Crippen LogP contribution in [-0.2, 0) is 4.74 Å². The largest absolute Gasteiger partial charge is 0.465 e. The van der Waals surface area contributed by atoms with E-state index in [2.05, 4.69) is 10.1 Å². The number of amidine groups is 1. The predicted molar refractivity (Wildman–Crippen MR) is 58.6 cm³/mol. The van der Waals surface area contributed by atoms with Crippen LogP contribution in [0, 0.1) is 10.1 Å². The molecule has 0 saturated carbocycles. The topological polar surface area (TPSA) is 133 Å². The number of nitrogens with zero attached hydrogens (tertiary/aromatic N) is 3. The summed E-state index contributed by atoms with van der Waals surface area (Å²) in [6, 6.07) is 1.14. The molecule has 0 atom stereocenters. The van der Waals surface area contributed by atoms with Crippen LogP contribution in [0.25, 0.3) is 0 Å². The number of hydrogen-bond acceptors (Lipinski definition) is 7. The van der Waals surface area contributed by atoms with Crippen molar-refractivity contribution in [3.8, 4) is 5.88 Å². The summed E-state index contributed by atoms with van der Waals surface area (Å²) in [4.78, 5) is 14.0. The summed E-state index contributed by atoms with van der Waals surface area (Å²) < 4.78 is 10.2. The van der Waals surface area contributed by atoms with E-state index < -0.39 is 4.92 Å². The van der Waals surface area contributed by atoms with Crippen LogP contribution in [0.5, 0.6) is 5.88 Å². The lowest BCUT2D eigenvalue weighted by Gasteiger charge is -2.25. The fourth-order valence-electron chi connectivity index (χ4n) is 1.30. The van der Waals surface area contributed by atoms with Crippen LogP contribution in [0.1, 0.15) is 5.56 Å². The molecule has 1 saturated heterocycles. The van der Waals surface area contributed by atoms with E-state index >= 15 is 0 Å². The third-order valence-electron chi connectivity index (χ3n) is 2.32. The Kier molecular flexibility index (Phi) is 3.24. The van der Waals surface area contributed by atoms with Crippen LogP contribution in [0.15, 0.2) is 17.4 Å². The van der Waals surface area contributed by atoms with Gasteiger partial charge in [0.05, 0.1) is 18.1 Å². The van der Waals surface area contributed by atoms with Crippen molar-refractivity contribution in [3.63, 3.8) is 0 Å². The van der Waals surface area contributed by atoms with Crippen molar-refractivity contribution in [2.24, 2.45) is 10.9 Å². The second-order valence-corrected chi connectivity index (χ2v) is 3.57. The van der Waals surface area contributed by atoms with E-state index in [-0.39, 0.29) is 29.1 Å². The number of ether oxygens (including phenoxy) is 2. The molecule has 0 aliphatic carbocycles. The van der Waals surface area contributed by atoms with E-state index in [4.69, 9.17) is 20.4 Å². The number of nitrogens with two attached hydrogens (primary N) is 1. The Morgan fingerprint density at radius 3 is 2.94 bits per heavy atom. The molecule has 1 fully saturated rings. The first kappa shape index (κ1) is 12.0. The Labute approximate surface area is 101 Å². The van der Waals surface area contributed by atoms with E-state index in [1.54, 1.807) is 0 Å². The van der Waals surface area contributed by atoms with Gasteiger partial charge in [0.25, 0.3) is 5.88 Å². The molecule has 0 spiro atoms. The smallest absolute Gasteiger partial charge is 0.331 e. The average molecular weight is 254 g/mol. The van der Waals surface area contributed by atoms with Gasteiger partial charge in [0.15, 0.2) is 5.84 Å². The summed E-state index contributed by atoms with van der Waals surface area (Å²) in [5, 5.41) is 22.1. The highest BCUT2D eigenvalue weighted by atomic mass is 16.6. The molecule has 18 heavy (non-hydrogen) atoms. The zero-order valence-corrected chi connectivity index (χ0v) is 9.15. The molecular formula is C9H10N4O5. The van der Waals surface area contributed by atoms with Gasteiger partial charge in [-0.15, -0.1) is 0 Å². The van der Waals surface area contributed by atoms with E-state index in [0.29, 0.717) is 13.2 Å². The number of oxime groups is 1. The molecule has 9 heteroatoms. The molecule has 0 aromatic carbocycles. The van der Waals surface area contributed by atoms with Crippen LogP contribution < -0.4 is 10.5 Å². The minimum Gasteiger partial charge on any atom is -0.465 e. The molecule has 3 N–H and O–H groups in total. The van der Waals surface area contributed by atoms with Crippen molar-refractivity contribution in [3.05, 3.63) is 27.9 Å². The maximum Gasteiger partial charge on any atom is 0.331 e. The Morgan fingerprint density at radius 1 is 1.72 bits per heavy atom. The summed E-state index contributed by atoms with van der Waals surface area (Å²) in [7, 11) is 0. The number of rotatable bonds is 4. The van der Waals surface area contributed by atoms with Gasteiger partial charge in [-0.2, -0.15) is 0 Å². The molecule has 9 nitrogen and oxygen atoms in total. The van der Waals surface area contributed by atoms with Crippen molar-refractivity contribution >= 4 is 11.5 Å². The fraction of sp³-hybridized carbons (Fsp3) is 0.333. The highest BCUT2D eigenvalue weighted by Gasteiger charge is 2.26. The maximum absolute atomic E-state index is 10.9. The van der Waals surface area contributed by atoms with Crippen LogP contribution in [0.2, 0.25) is 0 Å². The van der Waals surface area contributed by atoms with Crippen molar-refractivity contribution < 1.29 is 19.6 Å². The van der Waals surface area contributed by atoms with Gasteiger partial charge in [0.1, 0.15) is 6.10 Å². The number of aromatic nitrogens is 1. The second kappa shape index (κ2) is 4.84. The third-order valence-corrected chi connectivity index (χ3v) is 2.32. The molecule has 1 aliphatic rings. The van der Waals surface area contributed by atoms with E-state index in [0.717, 1.165) is 6.07 Å². The lowest BCUT2D eigenvalue weighted by Crippen LogP contribution is -2.38. The molecule has 2 rings (SSSR count). The quantitative estimate of drug-likeness (QED) is 0.251. The average Bonchev–Trinajstić information content (AvgIpc) is 2.32. The molecule has 2 heterocycles. The summed E-state index contributed by atoms with van der Waals surface area (Å²) in [6.45, 7) is 0.752. The minimum atomic E-state index is -0.643. The highest BCUT2D eigenvalue weighted by molar-refractivity contribution is 5.97. The van der Waals surface area contributed by atoms with Gasteiger partial charge >= 0.3 is 5.69 Å². The Hall–Kier alpha value is -2.42. The lowest BCUT2D eigenvalue weighted by molar-refractivity contribution is -0.386. The van der Waals surface area contributed by atoms with Gasteiger partial charge < -0.3 is 20.4 Å². The minimum absolute atomic E-state index is 0.109. The predicted octanol–water partition coefficient (Wildman–Crippen LogP) is -0.138. The lowest BCUT2D eigenvalue weighted by atomic mass is 10.2. The van der Waals surface area contributed by atoms with Gasteiger partial charge in [-0.05, 0) is 0 Å². The molecular weight excluding hydrogens is 244 g/mol. The van der Waals surface area contributed by atoms with Gasteiger partial charge in [0.2, 0.25) is 0 Å². The molecule has 1 aliphatic heterocycles. The summed E-state index contributed by atoms with van der Waals surface area (Å²) in [5.74, 6) is -0.369. The molecule has 1 aromatic rings. The zero-order chi connectivity index (χ0) is 13.1. The molecule has 0 bridgehead atoms. The van der Waals surface area contributed by atoms with Gasteiger partial charge in [-0.1, -0.05) is 5.16 Å². The van der Waals surface area contributed by atoms with Gasteiger partial charge in [0, 0.05) is 17.8 Å². The summed E-state index contributed by atoms with van der Waals surface area (Å²) >= 11 is 0. The van der Waals surface area contributed by atoms with Crippen molar-refractivity contribution in [2.75, 3.05) is 13.2 Å². The normalized spacial score (nSPS) is 16.1. The van der Waals surface area contributed by atoms with Crippen LogP contribution >= 0.6 is 0 Å². The molecule has 96 valence electrons. The summed E-state index contributed by atoms with van der Waals surface area (Å²) in [5.41, 5.74) is 5.13. The van der Waals surface area contributed by atoms with Crippen molar-refractivity contribution in [1.29, 1.82) is 0 Å². The number of nitro groups is 1. The Bertz CT molecular complexity index is 500. The van der Waals surface area contributed by atoms with E-state index in [9.17, 15) is 10.1 Å². The van der Waals surface area contributed by atoms with Gasteiger partial charge in [-0.25, -0.2) is 4.98 Å². The first-order chi connectivity index (χ1) is 8.61. The van der Waals surface area contributed by atoms with Crippen LogP contribution in [0.4, 0.5) is 5.69 Å². The number of pyridine rings is 1. The van der Waals surface area contributed by atoms with E-state index in [1.165, 1.54) is 6.20 Å². The summed E-state index contributed by atoms with van der Waals surface area (Å²) in [6.07, 6.45) is 1.00. The van der Waals surface area contributed by atoms with Crippen molar-refractivity contribution in [1.82, 2.24) is 4.98 Å². The first-order valence-electron chi connectivity index (χ1n) is 4.98. The van der Waals surface area contributed by atoms with Gasteiger partial charge in [-0.3, -0.25) is 10.1 Å². The maximum atomic E-state index is 10.9. The first-order valence-corrected chi connectivity index (χ1v) is 4.98. The molecule has 0 radical (unpaired) electrons.